The molecule has 0 radical (unpaired) electrons. The van der Waals surface area contributed by atoms with Gasteiger partial charge >= 0.3 is 5.97 Å². The van der Waals surface area contributed by atoms with E-state index in [1.165, 1.54) is 0 Å². The van der Waals surface area contributed by atoms with E-state index in [9.17, 15) is 14.7 Å². The highest BCUT2D eigenvalue weighted by atomic mass is 16.5. The van der Waals surface area contributed by atoms with Crippen LogP contribution in [0.3, 0.4) is 0 Å². The first-order valence-corrected chi connectivity index (χ1v) is 8.44. The van der Waals surface area contributed by atoms with Gasteiger partial charge in [-0.05, 0) is 31.2 Å². The van der Waals surface area contributed by atoms with Crippen molar-refractivity contribution in [3.63, 3.8) is 0 Å². The number of aliphatic hydroxyl groups is 1. The van der Waals surface area contributed by atoms with Crippen LogP contribution in [0, 0.1) is 6.92 Å². The van der Waals surface area contributed by atoms with Gasteiger partial charge in [0.05, 0.1) is 29.0 Å². The molecule has 1 heterocycles. The normalized spacial score (nSPS) is 11.8. The van der Waals surface area contributed by atoms with Crippen LogP contribution in [0.25, 0.3) is 11.0 Å². The number of carbonyl (C=O) groups is 2. The molecule has 0 aliphatic heterocycles. The van der Waals surface area contributed by atoms with Gasteiger partial charge in [-0.1, -0.05) is 30.3 Å². The lowest BCUT2D eigenvalue weighted by molar-refractivity contribution is -0.148. The Morgan fingerprint density at radius 1 is 1.04 bits per heavy atom. The highest BCUT2D eigenvalue weighted by Crippen LogP contribution is 2.13. The van der Waals surface area contributed by atoms with Crippen LogP contribution in [0.15, 0.2) is 54.6 Å². The van der Waals surface area contributed by atoms with Crippen LogP contribution < -0.4 is 5.32 Å². The predicted octanol–water partition coefficient (Wildman–Crippen LogP) is 1.77. The average molecular weight is 365 g/mol. The number of nitrogens with one attached hydrogen (secondary N) is 1. The van der Waals surface area contributed by atoms with E-state index in [1.807, 2.05) is 24.3 Å². The number of nitrogens with zero attached hydrogens (tertiary/aromatic N) is 2. The first-order valence-electron chi connectivity index (χ1n) is 8.44. The van der Waals surface area contributed by atoms with E-state index >= 15 is 0 Å². The van der Waals surface area contributed by atoms with Gasteiger partial charge in [-0.15, -0.1) is 0 Å². The molecule has 3 rings (SSSR count). The van der Waals surface area contributed by atoms with Gasteiger partial charge in [-0.2, -0.15) is 0 Å². The number of aryl methyl sites for hydroxylation is 1. The second-order valence-electron chi connectivity index (χ2n) is 5.93. The van der Waals surface area contributed by atoms with Gasteiger partial charge in [0.2, 0.25) is 0 Å². The van der Waals surface area contributed by atoms with Crippen molar-refractivity contribution in [2.75, 3.05) is 6.61 Å². The van der Waals surface area contributed by atoms with Crippen molar-refractivity contribution in [1.29, 1.82) is 0 Å². The molecule has 0 bridgehead atoms. The van der Waals surface area contributed by atoms with Crippen molar-refractivity contribution in [3.8, 4) is 0 Å². The molecule has 7 nitrogen and oxygen atoms in total. The van der Waals surface area contributed by atoms with Crippen molar-refractivity contribution < 1.29 is 19.4 Å². The van der Waals surface area contributed by atoms with Crippen LogP contribution in [-0.2, 0) is 16.1 Å². The number of rotatable bonds is 6. The number of ether oxygens (including phenoxy) is 1. The minimum absolute atomic E-state index is 0.0970. The Morgan fingerprint density at radius 2 is 1.67 bits per heavy atom. The summed E-state index contributed by atoms with van der Waals surface area (Å²) < 4.78 is 5.23. The van der Waals surface area contributed by atoms with E-state index in [0.717, 1.165) is 5.52 Å². The van der Waals surface area contributed by atoms with Gasteiger partial charge in [-0.3, -0.25) is 4.79 Å². The molecule has 0 spiro atoms. The van der Waals surface area contributed by atoms with E-state index in [2.05, 4.69) is 15.3 Å². The minimum atomic E-state index is -1.16. The summed E-state index contributed by atoms with van der Waals surface area (Å²) in [5, 5.41) is 11.9. The summed E-state index contributed by atoms with van der Waals surface area (Å²) in [6.45, 7) is 1.11. The summed E-state index contributed by atoms with van der Waals surface area (Å²) in [5.74, 6) is -1.20. The summed E-state index contributed by atoms with van der Waals surface area (Å²) in [4.78, 5) is 33.3. The van der Waals surface area contributed by atoms with E-state index in [0.29, 0.717) is 22.5 Å². The Bertz CT molecular complexity index is 960. The summed E-state index contributed by atoms with van der Waals surface area (Å²) in [7, 11) is 0. The second-order valence-corrected chi connectivity index (χ2v) is 5.93. The Morgan fingerprint density at radius 3 is 2.33 bits per heavy atom. The predicted molar refractivity (Wildman–Crippen MR) is 98.9 cm³/mol. The third-order valence-electron chi connectivity index (χ3n) is 4.00. The molecule has 3 aromatic rings. The van der Waals surface area contributed by atoms with Crippen LogP contribution in [0.2, 0.25) is 0 Å². The fraction of sp³-hybridized carbons (Fsp3) is 0.200. The van der Waals surface area contributed by atoms with Crippen LogP contribution >= 0.6 is 0 Å². The summed E-state index contributed by atoms with van der Waals surface area (Å²) >= 11 is 0. The van der Waals surface area contributed by atoms with Gasteiger partial charge in [0, 0.05) is 5.56 Å². The zero-order valence-electron chi connectivity index (χ0n) is 14.8. The van der Waals surface area contributed by atoms with Crippen molar-refractivity contribution in [1.82, 2.24) is 15.3 Å². The first kappa shape index (κ1) is 18.5. The van der Waals surface area contributed by atoms with Gasteiger partial charge in [0.15, 0.2) is 6.04 Å². The van der Waals surface area contributed by atoms with Crippen LogP contribution in [-0.4, -0.2) is 39.6 Å². The molecule has 2 aromatic carbocycles. The lowest BCUT2D eigenvalue weighted by Gasteiger charge is -2.16. The van der Waals surface area contributed by atoms with Crippen LogP contribution in [0.4, 0.5) is 0 Å². The molecule has 0 aliphatic rings. The molecule has 2 N–H and O–H groups in total. The highest BCUT2D eigenvalue weighted by molar-refractivity contribution is 5.96. The van der Waals surface area contributed by atoms with Crippen LogP contribution in [0.5, 0.6) is 0 Å². The molecule has 0 saturated heterocycles. The molecule has 0 fully saturated rings. The maximum absolute atomic E-state index is 12.2. The fourth-order valence-electron chi connectivity index (χ4n) is 2.51. The third kappa shape index (κ3) is 4.45. The monoisotopic (exact) mass is 365 g/mol. The zero-order valence-corrected chi connectivity index (χ0v) is 14.8. The maximum atomic E-state index is 12.2. The average Bonchev–Trinajstić information content (AvgIpc) is 2.70. The SMILES string of the molecule is Cc1nc2ccccc2nc1COC(=O)C(CO)NC(=O)c1ccccc1. The van der Waals surface area contributed by atoms with Crippen molar-refractivity contribution in [2.45, 2.75) is 19.6 Å². The van der Waals surface area contributed by atoms with Crippen molar-refractivity contribution in [2.24, 2.45) is 0 Å². The Balaban J connectivity index is 1.65. The number of fused-ring (bicyclic) bond motifs is 1. The van der Waals surface area contributed by atoms with E-state index < -0.39 is 24.5 Å². The van der Waals surface area contributed by atoms with Crippen molar-refractivity contribution >= 4 is 22.9 Å². The lowest BCUT2D eigenvalue weighted by Crippen LogP contribution is -2.44. The number of benzene rings is 2. The van der Waals surface area contributed by atoms with Gasteiger partial charge in [0.1, 0.15) is 6.61 Å². The largest absolute Gasteiger partial charge is 0.458 e. The third-order valence-corrected chi connectivity index (χ3v) is 4.00. The van der Waals surface area contributed by atoms with Crippen molar-refractivity contribution in [3.05, 3.63) is 71.5 Å². The van der Waals surface area contributed by atoms with Crippen LogP contribution in [0.1, 0.15) is 21.7 Å². The first-order chi connectivity index (χ1) is 13.1. The number of aromatic nitrogens is 2. The number of esters is 1. The smallest absolute Gasteiger partial charge is 0.331 e. The molecule has 0 saturated carbocycles. The molecule has 1 amide bonds. The number of para-hydroxylation sites is 2. The van der Waals surface area contributed by atoms with E-state index in [1.54, 1.807) is 37.3 Å². The van der Waals surface area contributed by atoms with E-state index in [4.69, 9.17) is 4.74 Å². The Kier molecular flexibility index (Phi) is 5.73. The molecule has 1 unspecified atom stereocenters. The summed E-state index contributed by atoms with van der Waals surface area (Å²) in [6.07, 6.45) is 0. The lowest BCUT2D eigenvalue weighted by atomic mass is 10.2. The Labute approximate surface area is 156 Å². The summed E-state index contributed by atoms with van der Waals surface area (Å²) in [5.41, 5.74) is 3.02. The fourth-order valence-corrected chi connectivity index (χ4v) is 2.51. The van der Waals surface area contributed by atoms with E-state index in [-0.39, 0.29) is 6.61 Å². The molecule has 1 aromatic heterocycles. The van der Waals surface area contributed by atoms with Gasteiger partial charge < -0.3 is 15.2 Å². The molecule has 7 heteroatoms. The molecular weight excluding hydrogens is 346 g/mol. The molecule has 27 heavy (non-hydrogen) atoms. The quantitative estimate of drug-likeness (QED) is 0.646. The number of carbonyl (C=O) groups excluding carboxylic acids is 2. The number of aliphatic hydroxyl groups excluding tert-OH is 1. The molecular formula is C20H19N3O4. The number of amides is 1. The molecule has 0 aliphatic carbocycles. The molecule has 1 atom stereocenters. The number of hydrogen-bond acceptors (Lipinski definition) is 6. The standard InChI is InChI=1S/C20H19N3O4/c1-13-18(22-16-10-6-5-9-15(16)21-13)12-27-20(26)17(11-24)23-19(25)14-7-3-2-4-8-14/h2-10,17,24H,11-12H2,1H3,(H,23,25). The maximum Gasteiger partial charge on any atom is 0.331 e. The molecule has 138 valence electrons. The second kappa shape index (κ2) is 8.37. The highest BCUT2D eigenvalue weighted by Gasteiger charge is 2.22. The summed E-state index contributed by atoms with van der Waals surface area (Å²) in [6, 6.07) is 14.7. The Hall–Kier alpha value is -3.32. The minimum Gasteiger partial charge on any atom is -0.458 e. The van der Waals surface area contributed by atoms with Gasteiger partial charge in [0.25, 0.3) is 5.91 Å². The topological polar surface area (TPSA) is 101 Å². The van der Waals surface area contributed by atoms with Gasteiger partial charge in [-0.25, -0.2) is 14.8 Å². The zero-order chi connectivity index (χ0) is 19.2. The number of hydrogen-bond donors (Lipinski definition) is 2.